The lowest BCUT2D eigenvalue weighted by molar-refractivity contribution is 0.0528. The van der Waals surface area contributed by atoms with Crippen LogP contribution in [0.5, 0.6) is 0 Å². The topological polar surface area (TPSA) is 26.3 Å². The van der Waals surface area contributed by atoms with Crippen molar-refractivity contribution < 1.29 is 9.53 Å². The van der Waals surface area contributed by atoms with Crippen molar-refractivity contribution in [2.24, 2.45) is 0 Å². The largest absolute Gasteiger partial charge is 0.462 e. The Hall–Kier alpha value is -2.09. The second kappa shape index (κ2) is 5.84. The molecule has 4 rings (SSSR count). The van der Waals surface area contributed by atoms with Gasteiger partial charge in [-0.05, 0) is 84.5 Å². The first-order valence-electron chi connectivity index (χ1n) is 8.73. The number of benzene rings is 2. The van der Waals surface area contributed by atoms with Crippen molar-refractivity contribution in [3.8, 4) is 0 Å². The maximum atomic E-state index is 12.6. The van der Waals surface area contributed by atoms with E-state index >= 15 is 0 Å². The zero-order valence-electron chi connectivity index (χ0n) is 13.7. The molecule has 2 aliphatic rings. The van der Waals surface area contributed by atoms with Crippen LogP contribution in [0.15, 0.2) is 24.3 Å². The number of allylic oxidation sites excluding steroid dienone is 1. The van der Waals surface area contributed by atoms with Gasteiger partial charge >= 0.3 is 5.97 Å². The van der Waals surface area contributed by atoms with Crippen LogP contribution in [0.4, 0.5) is 0 Å². The third-order valence-electron chi connectivity index (χ3n) is 5.13. The number of aryl methyl sites for hydroxylation is 3. The van der Waals surface area contributed by atoms with Gasteiger partial charge in [-0.3, -0.25) is 0 Å². The van der Waals surface area contributed by atoms with Crippen LogP contribution in [-0.4, -0.2) is 12.6 Å². The van der Waals surface area contributed by atoms with Gasteiger partial charge in [0.25, 0.3) is 0 Å². The number of rotatable bonds is 2. The molecule has 2 aromatic carbocycles. The van der Waals surface area contributed by atoms with Gasteiger partial charge < -0.3 is 4.74 Å². The van der Waals surface area contributed by atoms with E-state index in [4.69, 9.17) is 4.74 Å². The molecule has 0 heterocycles. The molecule has 0 fully saturated rings. The molecule has 0 bridgehead atoms. The Kier molecular flexibility index (Phi) is 3.68. The maximum absolute atomic E-state index is 12.6. The van der Waals surface area contributed by atoms with Crippen molar-refractivity contribution in [2.75, 3.05) is 6.61 Å². The fraction of sp³-hybridized carbons (Fsp3) is 0.381. The number of hydrogen-bond donors (Lipinski definition) is 0. The second-order valence-electron chi connectivity index (χ2n) is 6.49. The average molecular weight is 306 g/mol. The minimum atomic E-state index is -0.182. The van der Waals surface area contributed by atoms with Gasteiger partial charge in [-0.2, -0.15) is 0 Å². The molecule has 2 aromatic rings. The van der Waals surface area contributed by atoms with E-state index in [0.29, 0.717) is 6.61 Å². The van der Waals surface area contributed by atoms with E-state index < -0.39 is 0 Å². The van der Waals surface area contributed by atoms with Crippen LogP contribution in [-0.2, 0) is 24.0 Å². The summed E-state index contributed by atoms with van der Waals surface area (Å²) in [6, 6.07) is 6.57. The highest BCUT2D eigenvalue weighted by Crippen LogP contribution is 2.37. The van der Waals surface area contributed by atoms with Crippen LogP contribution in [0.3, 0.4) is 0 Å². The summed E-state index contributed by atoms with van der Waals surface area (Å²) >= 11 is 0. The van der Waals surface area contributed by atoms with Crippen LogP contribution in [0.25, 0.3) is 16.8 Å². The van der Waals surface area contributed by atoms with E-state index in [0.717, 1.165) is 36.6 Å². The summed E-state index contributed by atoms with van der Waals surface area (Å²) in [7, 11) is 0. The Balaban J connectivity index is 2.05. The van der Waals surface area contributed by atoms with Gasteiger partial charge in [0.15, 0.2) is 0 Å². The van der Waals surface area contributed by atoms with Crippen molar-refractivity contribution in [1.82, 2.24) is 0 Å². The van der Waals surface area contributed by atoms with E-state index in [1.165, 1.54) is 40.5 Å². The van der Waals surface area contributed by atoms with Crippen LogP contribution >= 0.6 is 0 Å². The van der Waals surface area contributed by atoms with Gasteiger partial charge in [-0.15, -0.1) is 0 Å². The van der Waals surface area contributed by atoms with E-state index in [2.05, 4.69) is 30.4 Å². The second-order valence-corrected chi connectivity index (χ2v) is 6.49. The van der Waals surface area contributed by atoms with E-state index in [9.17, 15) is 4.79 Å². The van der Waals surface area contributed by atoms with Gasteiger partial charge in [0, 0.05) is 0 Å². The van der Waals surface area contributed by atoms with Crippen molar-refractivity contribution in [3.63, 3.8) is 0 Å². The molecular weight excluding hydrogens is 284 g/mol. The number of esters is 1. The van der Waals surface area contributed by atoms with Gasteiger partial charge in [0.1, 0.15) is 0 Å². The molecule has 0 saturated heterocycles. The molecule has 0 N–H and O–H groups in total. The first-order valence-corrected chi connectivity index (χ1v) is 8.73. The van der Waals surface area contributed by atoms with Gasteiger partial charge in [0.2, 0.25) is 0 Å². The Morgan fingerprint density at radius 1 is 1.13 bits per heavy atom. The smallest absolute Gasteiger partial charge is 0.338 e. The van der Waals surface area contributed by atoms with Crippen molar-refractivity contribution in [1.29, 1.82) is 0 Å². The number of hydrogen-bond acceptors (Lipinski definition) is 2. The Morgan fingerprint density at radius 2 is 2.00 bits per heavy atom. The summed E-state index contributed by atoms with van der Waals surface area (Å²) in [6.45, 7) is 2.29. The first-order chi connectivity index (χ1) is 11.3. The molecule has 0 unspecified atom stereocenters. The quantitative estimate of drug-likeness (QED) is 0.741. The predicted octanol–water partition coefficient (Wildman–Crippen LogP) is 4.85. The molecule has 0 atom stereocenters. The molecule has 0 radical (unpaired) electrons. The van der Waals surface area contributed by atoms with Gasteiger partial charge in [-0.25, -0.2) is 4.79 Å². The summed E-state index contributed by atoms with van der Waals surface area (Å²) in [4.78, 5) is 12.6. The van der Waals surface area contributed by atoms with Crippen LogP contribution in [0.2, 0.25) is 0 Å². The fourth-order valence-corrected chi connectivity index (χ4v) is 4.09. The standard InChI is InChI=1S/C21H22O2/c1-2-23-21(22)19-13-15-8-4-5-9-16(15)18-12-11-14-7-3-6-10-17(14)20(18)19/h4,8,11-13H,2-3,5-7,9-10H2,1H3. The SMILES string of the molecule is CCOC(=O)c1cc2c(c3ccc4c(c13)CCCC4)CCC=C2. The minimum Gasteiger partial charge on any atom is -0.462 e. The fourth-order valence-electron chi connectivity index (χ4n) is 4.09. The van der Waals surface area contributed by atoms with Crippen LogP contribution < -0.4 is 0 Å². The summed E-state index contributed by atoms with van der Waals surface area (Å²) in [5.74, 6) is -0.182. The van der Waals surface area contributed by atoms with Gasteiger partial charge in [0.05, 0.1) is 12.2 Å². The molecule has 0 amide bonds. The van der Waals surface area contributed by atoms with Crippen molar-refractivity contribution in [3.05, 3.63) is 52.1 Å². The molecule has 0 spiro atoms. The lowest BCUT2D eigenvalue weighted by Crippen LogP contribution is -2.12. The lowest BCUT2D eigenvalue weighted by atomic mass is 9.82. The molecule has 0 aromatic heterocycles. The maximum Gasteiger partial charge on any atom is 0.338 e. The zero-order chi connectivity index (χ0) is 15.8. The summed E-state index contributed by atoms with van der Waals surface area (Å²) in [5, 5.41) is 2.42. The summed E-state index contributed by atoms with van der Waals surface area (Å²) in [6.07, 6.45) is 11.2. The third-order valence-corrected chi connectivity index (χ3v) is 5.13. The number of carbonyl (C=O) groups is 1. The highest BCUT2D eigenvalue weighted by molar-refractivity contribution is 6.08. The first kappa shape index (κ1) is 14.5. The molecule has 118 valence electrons. The normalized spacial score (nSPS) is 16.0. The predicted molar refractivity (Wildman–Crippen MR) is 93.9 cm³/mol. The van der Waals surface area contributed by atoms with Crippen LogP contribution in [0, 0.1) is 0 Å². The third kappa shape index (κ3) is 2.37. The van der Waals surface area contributed by atoms with Crippen LogP contribution in [0.1, 0.15) is 58.8 Å². The monoisotopic (exact) mass is 306 g/mol. The van der Waals surface area contributed by atoms with Gasteiger partial charge in [-0.1, -0.05) is 24.3 Å². The Labute approximate surface area is 137 Å². The average Bonchev–Trinajstić information content (AvgIpc) is 2.60. The van der Waals surface area contributed by atoms with E-state index in [1.807, 2.05) is 6.92 Å². The van der Waals surface area contributed by atoms with Crippen molar-refractivity contribution in [2.45, 2.75) is 45.4 Å². The summed E-state index contributed by atoms with van der Waals surface area (Å²) in [5.41, 5.74) is 6.13. The highest BCUT2D eigenvalue weighted by Gasteiger charge is 2.22. The van der Waals surface area contributed by atoms with E-state index in [1.54, 1.807) is 0 Å². The molecule has 2 nitrogen and oxygen atoms in total. The Morgan fingerprint density at radius 3 is 2.87 bits per heavy atom. The zero-order valence-corrected chi connectivity index (χ0v) is 13.7. The Bertz CT molecular complexity index is 814. The molecule has 23 heavy (non-hydrogen) atoms. The number of ether oxygens (including phenoxy) is 1. The summed E-state index contributed by atoms with van der Waals surface area (Å²) < 4.78 is 5.36. The van der Waals surface area contributed by atoms with E-state index in [-0.39, 0.29) is 5.97 Å². The van der Waals surface area contributed by atoms with Crippen molar-refractivity contribution >= 4 is 22.8 Å². The number of carbonyl (C=O) groups excluding carboxylic acids is 1. The molecule has 2 heteroatoms. The molecule has 0 saturated carbocycles. The highest BCUT2D eigenvalue weighted by atomic mass is 16.5. The minimum absolute atomic E-state index is 0.182. The molecule has 0 aliphatic heterocycles. The molecule has 2 aliphatic carbocycles. The lowest BCUT2D eigenvalue weighted by Gasteiger charge is -2.23. The number of fused-ring (bicyclic) bond motifs is 5. The molecular formula is C21H22O2.